The predicted molar refractivity (Wildman–Crippen MR) is 82.6 cm³/mol. The van der Waals surface area contributed by atoms with Gasteiger partial charge < -0.3 is 10.0 Å². The van der Waals surface area contributed by atoms with Gasteiger partial charge in [-0.2, -0.15) is 0 Å². The van der Waals surface area contributed by atoms with Gasteiger partial charge in [-0.3, -0.25) is 4.79 Å². The van der Waals surface area contributed by atoms with Gasteiger partial charge in [0, 0.05) is 4.88 Å². The highest BCUT2D eigenvalue weighted by atomic mass is 32.2. The van der Waals surface area contributed by atoms with E-state index in [4.69, 9.17) is 0 Å². The minimum Gasteiger partial charge on any atom is -0.387 e. The van der Waals surface area contributed by atoms with E-state index in [1.807, 2.05) is 47.8 Å². The SMILES string of the molecule is O=C1CS[C@H](c2cccs2)N1C[C@H](O)c1ccccc1. The summed E-state index contributed by atoms with van der Waals surface area (Å²) >= 11 is 3.28. The molecule has 104 valence electrons. The predicted octanol–water partition coefficient (Wildman–Crippen LogP) is 3.06. The lowest BCUT2D eigenvalue weighted by atomic mass is 10.1. The standard InChI is InChI=1S/C15H15NO2S2/c17-12(11-5-2-1-3-6-11)9-16-14(18)10-20-15(16)13-7-4-8-19-13/h1-8,12,15,17H,9-10H2/t12-,15+/m0/s1. The number of amides is 1. The molecule has 20 heavy (non-hydrogen) atoms. The average molecular weight is 305 g/mol. The van der Waals surface area contributed by atoms with Crippen molar-refractivity contribution in [2.75, 3.05) is 12.3 Å². The molecule has 3 rings (SSSR count). The van der Waals surface area contributed by atoms with Gasteiger partial charge in [0.05, 0.1) is 18.4 Å². The lowest BCUT2D eigenvalue weighted by molar-refractivity contribution is -0.129. The topological polar surface area (TPSA) is 40.5 Å². The minimum absolute atomic E-state index is 0.0425. The van der Waals surface area contributed by atoms with Gasteiger partial charge in [0.25, 0.3) is 0 Å². The molecule has 3 nitrogen and oxygen atoms in total. The van der Waals surface area contributed by atoms with Crippen molar-refractivity contribution < 1.29 is 9.90 Å². The first kappa shape index (κ1) is 13.7. The van der Waals surface area contributed by atoms with Crippen LogP contribution >= 0.6 is 23.1 Å². The summed E-state index contributed by atoms with van der Waals surface area (Å²) < 4.78 is 0. The van der Waals surface area contributed by atoms with Crippen LogP contribution in [-0.2, 0) is 4.79 Å². The van der Waals surface area contributed by atoms with Gasteiger partial charge in [-0.05, 0) is 17.0 Å². The van der Waals surface area contributed by atoms with Crippen molar-refractivity contribution in [3.63, 3.8) is 0 Å². The molecule has 1 amide bonds. The third-order valence-electron chi connectivity index (χ3n) is 3.31. The number of β-amino-alcohol motifs (C(OH)–C–C–N with tert-alkyl or cyclic N) is 1. The second kappa shape index (κ2) is 5.99. The van der Waals surface area contributed by atoms with Crippen LogP contribution in [0.4, 0.5) is 0 Å². The van der Waals surface area contributed by atoms with E-state index in [1.165, 1.54) is 4.88 Å². The second-order valence-corrected chi connectivity index (χ2v) is 6.70. The Morgan fingerprint density at radius 2 is 2.05 bits per heavy atom. The molecular formula is C15H15NO2S2. The van der Waals surface area contributed by atoms with Gasteiger partial charge in [0.15, 0.2) is 0 Å². The number of nitrogens with zero attached hydrogens (tertiary/aromatic N) is 1. The van der Waals surface area contributed by atoms with Crippen LogP contribution in [0.15, 0.2) is 47.8 Å². The Bertz CT molecular complexity index is 571. The zero-order chi connectivity index (χ0) is 13.9. The first-order chi connectivity index (χ1) is 9.75. The van der Waals surface area contributed by atoms with Crippen molar-refractivity contribution in [2.45, 2.75) is 11.5 Å². The smallest absolute Gasteiger partial charge is 0.233 e. The van der Waals surface area contributed by atoms with E-state index >= 15 is 0 Å². The number of aliphatic hydroxyl groups excluding tert-OH is 1. The monoisotopic (exact) mass is 305 g/mol. The van der Waals surface area contributed by atoms with Crippen LogP contribution in [0.25, 0.3) is 0 Å². The Morgan fingerprint density at radius 3 is 2.75 bits per heavy atom. The lowest BCUT2D eigenvalue weighted by Crippen LogP contribution is -2.32. The zero-order valence-corrected chi connectivity index (χ0v) is 12.4. The Morgan fingerprint density at radius 1 is 1.25 bits per heavy atom. The summed E-state index contributed by atoms with van der Waals surface area (Å²) in [6.07, 6.45) is -0.638. The summed E-state index contributed by atoms with van der Waals surface area (Å²) in [6, 6.07) is 13.5. The van der Waals surface area contributed by atoms with Gasteiger partial charge in [-0.25, -0.2) is 0 Å². The van der Waals surface area contributed by atoms with Crippen LogP contribution in [-0.4, -0.2) is 28.2 Å². The summed E-state index contributed by atoms with van der Waals surface area (Å²) in [6.45, 7) is 0.346. The summed E-state index contributed by atoms with van der Waals surface area (Å²) in [7, 11) is 0. The number of carbonyl (C=O) groups excluding carboxylic acids is 1. The van der Waals surface area contributed by atoms with Gasteiger partial charge in [0.1, 0.15) is 5.37 Å². The number of rotatable bonds is 4. The van der Waals surface area contributed by atoms with E-state index in [0.29, 0.717) is 12.3 Å². The molecule has 1 saturated heterocycles. The average Bonchev–Trinajstić information content (AvgIpc) is 3.11. The Labute approximate surface area is 126 Å². The van der Waals surface area contributed by atoms with Crippen LogP contribution in [0.1, 0.15) is 21.9 Å². The van der Waals surface area contributed by atoms with Gasteiger partial charge >= 0.3 is 0 Å². The maximum atomic E-state index is 12.0. The van der Waals surface area contributed by atoms with Crippen LogP contribution in [0, 0.1) is 0 Å². The minimum atomic E-state index is -0.638. The van der Waals surface area contributed by atoms with Crippen molar-refractivity contribution in [3.05, 3.63) is 58.3 Å². The Kier molecular flexibility index (Phi) is 4.10. The third-order valence-corrected chi connectivity index (χ3v) is 5.62. The van der Waals surface area contributed by atoms with E-state index in [2.05, 4.69) is 0 Å². The van der Waals surface area contributed by atoms with E-state index in [0.717, 1.165) is 5.56 Å². The van der Waals surface area contributed by atoms with Gasteiger partial charge in [0.2, 0.25) is 5.91 Å². The highest BCUT2D eigenvalue weighted by Crippen LogP contribution is 2.41. The molecule has 0 spiro atoms. The first-order valence-corrected chi connectivity index (χ1v) is 8.36. The van der Waals surface area contributed by atoms with Gasteiger partial charge in [-0.1, -0.05) is 36.4 Å². The normalized spacial score (nSPS) is 20.4. The molecule has 2 heterocycles. The number of aliphatic hydroxyl groups is 1. The van der Waals surface area contributed by atoms with E-state index in [-0.39, 0.29) is 11.3 Å². The number of carbonyl (C=O) groups is 1. The van der Waals surface area contributed by atoms with Crippen LogP contribution < -0.4 is 0 Å². The first-order valence-electron chi connectivity index (χ1n) is 6.43. The molecule has 0 bridgehead atoms. The summed E-state index contributed by atoms with van der Waals surface area (Å²) in [5.74, 6) is 0.591. The largest absolute Gasteiger partial charge is 0.387 e. The highest BCUT2D eigenvalue weighted by molar-refractivity contribution is 8.00. The summed E-state index contributed by atoms with van der Waals surface area (Å²) in [5.41, 5.74) is 0.849. The maximum Gasteiger partial charge on any atom is 0.233 e. The Hall–Kier alpha value is -1.30. The lowest BCUT2D eigenvalue weighted by Gasteiger charge is -2.25. The zero-order valence-electron chi connectivity index (χ0n) is 10.8. The second-order valence-electron chi connectivity index (χ2n) is 4.65. The molecular weight excluding hydrogens is 290 g/mol. The molecule has 0 saturated carbocycles. The van der Waals surface area contributed by atoms with E-state index in [1.54, 1.807) is 28.0 Å². The molecule has 1 fully saturated rings. The van der Waals surface area contributed by atoms with Crippen molar-refractivity contribution in [2.24, 2.45) is 0 Å². The van der Waals surface area contributed by atoms with E-state index < -0.39 is 6.10 Å². The fraction of sp³-hybridized carbons (Fsp3) is 0.267. The molecule has 1 aliphatic heterocycles. The highest BCUT2D eigenvalue weighted by Gasteiger charge is 2.34. The molecule has 1 aromatic carbocycles. The molecule has 1 N–H and O–H groups in total. The number of hydrogen-bond acceptors (Lipinski definition) is 4. The molecule has 1 aromatic heterocycles. The quantitative estimate of drug-likeness (QED) is 0.944. The van der Waals surface area contributed by atoms with Crippen LogP contribution in [0.3, 0.4) is 0 Å². The van der Waals surface area contributed by atoms with Crippen molar-refractivity contribution in [1.82, 2.24) is 4.90 Å². The molecule has 0 aliphatic carbocycles. The fourth-order valence-electron chi connectivity index (χ4n) is 2.29. The van der Waals surface area contributed by atoms with Crippen LogP contribution in [0.5, 0.6) is 0 Å². The fourth-order valence-corrected chi connectivity index (χ4v) is 4.46. The summed E-state index contributed by atoms with van der Waals surface area (Å²) in [4.78, 5) is 15.0. The molecule has 5 heteroatoms. The van der Waals surface area contributed by atoms with Crippen LogP contribution in [0.2, 0.25) is 0 Å². The molecule has 2 aromatic rings. The van der Waals surface area contributed by atoms with Crippen molar-refractivity contribution in [3.8, 4) is 0 Å². The Balaban J connectivity index is 1.76. The van der Waals surface area contributed by atoms with E-state index in [9.17, 15) is 9.90 Å². The number of benzene rings is 1. The molecule has 0 radical (unpaired) electrons. The molecule has 1 aliphatic rings. The van der Waals surface area contributed by atoms with Crippen molar-refractivity contribution >= 4 is 29.0 Å². The number of thiophene rings is 1. The maximum absolute atomic E-state index is 12.0. The van der Waals surface area contributed by atoms with Gasteiger partial charge in [-0.15, -0.1) is 23.1 Å². The third kappa shape index (κ3) is 2.75. The summed E-state index contributed by atoms with van der Waals surface area (Å²) in [5, 5.41) is 12.4. The molecule has 0 unspecified atom stereocenters. The number of thioether (sulfide) groups is 1. The van der Waals surface area contributed by atoms with Crippen molar-refractivity contribution in [1.29, 1.82) is 0 Å². The number of hydrogen-bond donors (Lipinski definition) is 1. The molecule has 2 atom stereocenters.